The normalized spacial score (nSPS) is 18.2. The van der Waals surface area contributed by atoms with E-state index in [1.165, 1.54) is 28.7 Å². The molecule has 8 nitrogen and oxygen atoms in total. The molecule has 1 saturated heterocycles. The molecule has 1 atom stereocenters. The van der Waals surface area contributed by atoms with Gasteiger partial charge in [0.05, 0.1) is 13.7 Å². The number of pyridine rings is 1. The standard InChI is InChI=1S/C25H29F2N3O5/c1-28-9-3-4-17(28)8-13-35-21-15-22(31)30-12-11-29(10-7-20(30)23(21)25(33)34-2)24(32)16-5-6-18(26)19(27)14-16/h5-6,14-15,17H,3-4,7-13H2,1-2H3/t17-/m0/s1. The first-order chi connectivity index (χ1) is 16.8. The molecular formula is C25H29F2N3O5. The third kappa shape index (κ3) is 5.22. The summed E-state index contributed by atoms with van der Waals surface area (Å²) in [5, 5.41) is 0. The lowest BCUT2D eigenvalue weighted by atomic mass is 10.1. The van der Waals surface area contributed by atoms with Crippen molar-refractivity contribution >= 4 is 11.9 Å². The van der Waals surface area contributed by atoms with Gasteiger partial charge in [-0.3, -0.25) is 9.59 Å². The number of carbonyl (C=O) groups is 2. The van der Waals surface area contributed by atoms with Crippen LogP contribution in [-0.4, -0.2) is 72.7 Å². The predicted molar refractivity (Wildman–Crippen MR) is 124 cm³/mol. The largest absolute Gasteiger partial charge is 0.492 e. The van der Waals surface area contributed by atoms with Gasteiger partial charge < -0.3 is 23.8 Å². The summed E-state index contributed by atoms with van der Waals surface area (Å²) in [6.07, 6.45) is 3.18. The number of hydrogen-bond donors (Lipinski definition) is 0. The average molecular weight is 490 g/mol. The SMILES string of the molecule is COC(=O)c1c(OCC[C@@H]2CCCN2C)cc(=O)n2c1CCN(C(=O)c1ccc(F)c(F)c1)CC2. The minimum absolute atomic E-state index is 0.0105. The van der Waals surface area contributed by atoms with E-state index in [0.29, 0.717) is 18.3 Å². The number of aromatic nitrogens is 1. The van der Waals surface area contributed by atoms with Crippen molar-refractivity contribution in [3.63, 3.8) is 0 Å². The number of hydrogen-bond acceptors (Lipinski definition) is 6. The molecule has 0 unspecified atom stereocenters. The molecule has 0 saturated carbocycles. The first kappa shape index (κ1) is 24.8. The highest BCUT2D eigenvalue weighted by molar-refractivity contribution is 5.95. The van der Waals surface area contributed by atoms with Gasteiger partial charge in [0.15, 0.2) is 11.6 Å². The summed E-state index contributed by atoms with van der Waals surface area (Å²) in [4.78, 5) is 42.3. The van der Waals surface area contributed by atoms with Gasteiger partial charge >= 0.3 is 5.97 Å². The number of ether oxygens (including phenoxy) is 2. The molecule has 1 aromatic heterocycles. The van der Waals surface area contributed by atoms with Crippen LogP contribution in [0.3, 0.4) is 0 Å². The van der Waals surface area contributed by atoms with Gasteiger partial charge in [-0.15, -0.1) is 0 Å². The quantitative estimate of drug-likeness (QED) is 0.580. The van der Waals surface area contributed by atoms with E-state index in [4.69, 9.17) is 9.47 Å². The molecule has 1 fully saturated rings. The van der Waals surface area contributed by atoms with Crippen LogP contribution in [0.1, 0.15) is 45.7 Å². The van der Waals surface area contributed by atoms with Crippen LogP contribution in [0.25, 0.3) is 0 Å². The minimum atomic E-state index is -1.11. The number of halogens is 2. The number of likely N-dealkylation sites (tertiary alicyclic amines) is 1. The predicted octanol–water partition coefficient (Wildman–Crippen LogP) is 2.47. The molecule has 3 heterocycles. The van der Waals surface area contributed by atoms with Crippen molar-refractivity contribution < 1.29 is 27.8 Å². The fourth-order valence-corrected chi connectivity index (χ4v) is 4.85. The molecule has 10 heteroatoms. The Balaban J connectivity index is 1.57. The Kier molecular flexibility index (Phi) is 7.49. The molecule has 2 aliphatic rings. The molecule has 2 aromatic rings. The zero-order valence-corrected chi connectivity index (χ0v) is 19.9. The van der Waals surface area contributed by atoms with Crippen molar-refractivity contribution in [1.82, 2.24) is 14.4 Å². The van der Waals surface area contributed by atoms with Crippen LogP contribution in [-0.2, 0) is 17.7 Å². The molecule has 0 N–H and O–H groups in total. The molecule has 0 aliphatic carbocycles. The topological polar surface area (TPSA) is 81.1 Å². The zero-order valence-electron chi connectivity index (χ0n) is 19.9. The smallest absolute Gasteiger partial charge is 0.343 e. The molecule has 4 rings (SSSR count). The highest BCUT2D eigenvalue weighted by Crippen LogP contribution is 2.26. The summed E-state index contributed by atoms with van der Waals surface area (Å²) in [6.45, 7) is 1.87. The Hall–Kier alpha value is -3.27. The molecular weight excluding hydrogens is 460 g/mol. The first-order valence-corrected chi connectivity index (χ1v) is 11.7. The van der Waals surface area contributed by atoms with Gasteiger partial charge in [-0.05, 0) is 51.1 Å². The Morgan fingerprint density at radius 2 is 1.89 bits per heavy atom. The van der Waals surface area contributed by atoms with Gasteiger partial charge in [0.2, 0.25) is 0 Å². The van der Waals surface area contributed by atoms with Crippen LogP contribution in [0.5, 0.6) is 5.75 Å². The van der Waals surface area contributed by atoms with Crippen LogP contribution in [0.4, 0.5) is 8.78 Å². The van der Waals surface area contributed by atoms with Crippen LogP contribution in [0, 0.1) is 11.6 Å². The van der Waals surface area contributed by atoms with E-state index in [9.17, 15) is 23.2 Å². The maximum atomic E-state index is 13.6. The van der Waals surface area contributed by atoms with Crippen LogP contribution in [0.15, 0.2) is 29.1 Å². The highest BCUT2D eigenvalue weighted by atomic mass is 19.2. The molecule has 2 aliphatic heterocycles. The lowest BCUT2D eigenvalue weighted by molar-refractivity contribution is 0.0592. The lowest BCUT2D eigenvalue weighted by Crippen LogP contribution is -2.34. The van der Waals surface area contributed by atoms with Crippen LogP contribution in [0.2, 0.25) is 0 Å². The molecule has 0 spiro atoms. The Labute approximate surface area is 202 Å². The number of amides is 1. The number of nitrogens with zero attached hydrogens (tertiary/aromatic N) is 3. The van der Waals surface area contributed by atoms with Gasteiger partial charge in [-0.2, -0.15) is 0 Å². The molecule has 35 heavy (non-hydrogen) atoms. The Morgan fingerprint density at radius 1 is 1.09 bits per heavy atom. The van der Waals surface area contributed by atoms with Gasteiger partial charge in [0, 0.05) is 49.4 Å². The molecule has 0 radical (unpaired) electrons. The fraction of sp³-hybridized carbons (Fsp3) is 0.480. The van der Waals surface area contributed by atoms with E-state index < -0.39 is 23.5 Å². The Morgan fingerprint density at radius 3 is 2.57 bits per heavy atom. The number of carbonyl (C=O) groups excluding carboxylic acids is 2. The van der Waals surface area contributed by atoms with Gasteiger partial charge in [-0.1, -0.05) is 0 Å². The fourth-order valence-electron chi connectivity index (χ4n) is 4.85. The van der Waals surface area contributed by atoms with E-state index in [0.717, 1.165) is 37.9 Å². The number of rotatable bonds is 6. The zero-order chi connectivity index (χ0) is 25.1. The van der Waals surface area contributed by atoms with Crippen molar-refractivity contribution in [3.05, 3.63) is 63.1 Å². The second-order valence-electron chi connectivity index (χ2n) is 8.90. The number of benzene rings is 1. The van der Waals surface area contributed by atoms with Gasteiger partial charge in [-0.25, -0.2) is 13.6 Å². The van der Waals surface area contributed by atoms with Gasteiger partial charge in [0.1, 0.15) is 11.3 Å². The maximum absolute atomic E-state index is 13.6. The van der Waals surface area contributed by atoms with Crippen molar-refractivity contribution in [2.75, 3.05) is 40.4 Å². The maximum Gasteiger partial charge on any atom is 0.343 e. The van der Waals surface area contributed by atoms with Crippen molar-refractivity contribution in [1.29, 1.82) is 0 Å². The molecule has 1 amide bonds. The van der Waals surface area contributed by atoms with E-state index in [1.54, 1.807) is 0 Å². The second-order valence-corrected chi connectivity index (χ2v) is 8.90. The summed E-state index contributed by atoms with van der Waals surface area (Å²) < 4.78 is 39.3. The highest BCUT2D eigenvalue weighted by Gasteiger charge is 2.28. The van der Waals surface area contributed by atoms with Crippen LogP contribution >= 0.6 is 0 Å². The molecule has 1 aromatic carbocycles. The van der Waals surface area contributed by atoms with Crippen LogP contribution < -0.4 is 10.3 Å². The van der Waals surface area contributed by atoms with E-state index in [2.05, 4.69) is 11.9 Å². The first-order valence-electron chi connectivity index (χ1n) is 11.7. The lowest BCUT2D eigenvalue weighted by Gasteiger charge is -2.21. The van der Waals surface area contributed by atoms with Gasteiger partial charge in [0.25, 0.3) is 11.5 Å². The average Bonchev–Trinajstić information content (AvgIpc) is 3.11. The van der Waals surface area contributed by atoms with Crippen molar-refractivity contribution in [2.24, 2.45) is 0 Å². The summed E-state index contributed by atoms with van der Waals surface area (Å²) in [5.74, 6) is -3.08. The minimum Gasteiger partial charge on any atom is -0.492 e. The second kappa shape index (κ2) is 10.6. The summed E-state index contributed by atoms with van der Waals surface area (Å²) in [7, 11) is 3.33. The third-order valence-electron chi connectivity index (χ3n) is 6.82. The molecule has 0 bridgehead atoms. The summed E-state index contributed by atoms with van der Waals surface area (Å²) in [6, 6.07) is 4.67. The summed E-state index contributed by atoms with van der Waals surface area (Å²) >= 11 is 0. The van der Waals surface area contributed by atoms with E-state index >= 15 is 0 Å². The number of esters is 1. The van der Waals surface area contributed by atoms with E-state index in [1.807, 2.05) is 0 Å². The Bertz CT molecular complexity index is 1180. The van der Waals surface area contributed by atoms with Crippen molar-refractivity contribution in [3.8, 4) is 5.75 Å². The van der Waals surface area contributed by atoms with E-state index in [-0.39, 0.29) is 48.5 Å². The number of methoxy groups -OCH3 is 1. The van der Waals surface area contributed by atoms with Crippen molar-refractivity contribution in [2.45, 2.75) is 38.3 Å². The summed E-state index contributed by atoms with van der Waals surface area (Å²) in [5.41, 5.74) is 0.269. The monoisotopic (exact) mass is 489 g/mol. The molecule has 188 valence electrons. The number of fused-ring (bicyclic) bond motifs is 1. The third-order valence-corrected chi connectivity index (χ3v) is 6.82.